The van der Waals surface area contributed by atoms with Crippen LogP contribution < -0.4 is 16.8 Å². The van der Waals surface area contributed by atoms with Gasteiger partial charge in [0, 0.05) is 30.5 Å². The smallest absolute Gasteiger partial charge is 0.113 e. The van der Waals surface area contributed by atoms with Crippen LogP contribution >= 0.6 is 0 Å². The number of nitrogens with zero attached hydrogens (tertiary/aromatic N) is 2. The number of nitrogens with one attached hydrogen (secondary N) is 1. The van der Waals surface area contributed by atoms with Crippen molar-refractivity contribution < 1.29 is 0 Å². The molecular formula is C14H17N5. The normalized spacial score (nSPS) is 12.3. The highest BCUT2D eigenvalue weighted by molar-refractivity contribution is 5.83. The molecule has 0 spiro atoms. The standard InChI is InChI=1S/C14H17N5/c15-5-7-19-14(16)10-17-9-11-3-4-13-12(8-11)2-1-6-18-13/h1-8,17H,9-10,15H2,(H2,16,19)/b7-5+. The molecule has 0 radical (unpaired) electrons. The van der Waals surface area contributed by atoms with E-state index in [1.165, 1.54) is 18.0 Å². The van der Waals surface area contributed by atoms with Crippen molar-refractivity contribution in [2.24, 2.45) is 16.5 Å². The molecule has 0 aliphatic carbocycles. The lowest BCUT2D eigenvalue weighted by atomic mass is 10.1. The molecule has 5 nitrogen and oxygen atoms in total. The Bertz CT molecular complexity index is 604. The molecule has 0 unspecified atom stereocenters. The topological polar surface area (TPSA) is 89.3 Å². The van der Waals surface area contributed by atoms with Crippen LogP contribution in [-0.2, 0) is 6.54 Å². The van der Waals surface area contributed by atoms with Gasteiger partial charge >= 0.3 is 0 Å². The van der Waals surface area contributed by atoms with Crippen molar-refractivity contribution in [3.05, 3.63) is 54.5 Å². The fourth-order valence-corrected chi connectivity index (χ4v) is 1.75. The maximum atomic E-state index is 5.69. The summed E-state index contributed by atoms with van der Waals surface area (Å²) in [6, 6.07) is 10.2. The minimum absolute atomic E-state index is 0.504. The molecule has 0 aliphatic rings. The maximum absolute atomic E-state index is 5.69. The Kier molecular flexibility index (Phi) is 4.47. The quantitative estimate of drug-likeness (QED) is 0.551. The Hall–Kier alpha value is -2.40. The zero-order valence-electron chi connectivity index (χ0n) is 10.6. The first-order valence-electron chi connectivity index (χ1n) is 6.03. The van der Waals surface area contributed by atoms with E-state index >= 15 is 0 Å². The first-order valence-corrected chi connectivity index (χ1v) is 6.03. The zero-order chi connectivity index (χ0) is 13.5. The van der Waals surface area contributed by atoms with Gasteiger partial charge in [0.2, 0.25) is 0 Å². The molecule has 0 bridgehead atoms. The van der Waals surface area contributed by atoms with E-state index in [1.807, 2.05) is 18.2 Å². The molecule has 19 heavy (non-hydrogen) atoms. The van der Waals surface area contributed by atoms with E-state index in [1.54, 1.807) is 6.20 Å². The van der Waals surface area contributed by atoms with Gasteiger partial charge in [-0.2, -0.15) is 0 Å². The van der Waals surface area contributed by atoms with E-state index in [4.69, 9.17) is 11.5 Å². The van der Waals surface area contributed by atoms with Crippen LogP contribution in [0.2, 0.25) is 0 Å². The molecule has 0 fully saturated rings. The highest BCUT2D eigenvalue weighted by atomic mass is 14.9. The summed E-state index contributed by atoms with van der Waals surface area (Å²) in [6.45, 7) is 1.25. The summed E-state index contributed by atoms with van der Waals surface area (Å²) in [5.74, 6) is 0.504. The van der Waals surface area contributed by atoms with Crippen molar-refractivity contribution in [1.29, 1.82) is 0 Å². The minimum atomic E-state index is 0.504. The third-order valence-electron chi connectivity index (χ3n) is 2.63. The molecule has 0 atom stereocenters. The third-order valence-corrected chi connectivity index (χ3v) is 2.63. The number of rotatable bonds is 5. The highest BCUT2D eigenvalue weighted by Crippen LogP contribution is 2.12. The van der Waals surface area contributed by atoms with Crippen LogP contribution in [0.5, 0.6) is 0 Å². The fraction of sp³-hybridized carbons (Fsp3) is 0.143. The molecule has 5 N–H and O–H groups in total. The van der Waals surface area contributed by atoms with E-state index in [2.05, 4.69) is 27.4 Å². The van der Waals surface area contributed by atoms with Gasteiger partial charge in [0.25, 0.3) is 0 Å². The van der Waals surface area contributed by atoms with Gasteiger partial charge in [0.05, 0.1) is 12.1 Å². The molecule has 2 aromatic rings. The molecule has 5 heteroatoms. The van der Waals surface area contributed by atoms with Crippen molar-refractivity contribution in [2.75, 3.05) is 6.54 Å². The van der Waals surface area contributed by atoms with Gasteiger partial charge in [-0.3, -0.25) is 4.98 Å². The number of aromatic nitrogens is 1. The van der Waals surface area contributed by atoms with Crippen molar-refractivity contribution >= 4 is 16.7 Å². The molecule has 2 rings (SSSR count). The zero-order valence-corrected chi connectivity index (χ0v) is 10.6. The number of amidine groups is 1. The predicted octanol–water partition coefficient (Wildman–Crippen LogP) is 1.11. The molecule has 0 saturated heterocycles. The summed E-state index contributed by atoms with van der Waals surface area (Å²) in [4.78, 5) is 8.23. The fourth-order valence-electron chi connectivity index (χ4n) is 1.75. The van der Waals surface area contributed by atoms with Gasteiger partial charge in [-0.1, -0.05) is 12.1 Å². The Morgan fingerprint density at radius 1 is 1.37 bits per heavy atom. The van der Waals surface area contributed by atoms with E-state index in [0.717, 1.165) is 17.4 Å². The van der Waals surface area contributed by atoms with Crippen LogP contribution in [0.3, 0.4) is 0 Å². The average molecular weight is 255 g/mol. The Morgan fingerprint density at radius 3 is 3.11 bits per heavy atom. The number of hydrogen-bond donors (Lipinski definition) is 3. The van der Waals surface area contributed by atoms with Crippen LogP contribution in [0, 0.1) is 0 Å². The van der Waals surface area contributed by atoms with Gasteiger partial charge in [-0.15, -0.1) is 0 Å². The number of benzene rings is 1. The van der Waals surface area contributed by atoms with Crippen LogP contribution in [-0.4, -0.2) is 17.4 Å². The largest absolute Gasteiger partial charge is 0.403 e. The molecule has 98 valence electrons. The first-order chi connectivity index (χ1) is 9.29. The average Bonchev–Trinajstić information content (AvgIpc) is 2.45. The Labute approximate surface area is 112 Å². The first kappa shape index (κ1) is 13.0. The number of aliphatic imine (C=N–C) groups is 1. The van der Waals surface area contributed by atoms with Crippen molar-refractivity contribution in [1.82, 2.24) is 10.3 Å². The second kappa shape index (κ2) is 6.51. The lowest BCUT2D eigenvalue weighted by molar-refractivity contribution is 0.774. The number of pyridine rings is 1. The minimum Gasteiger partial charge on any atom is -0.403 e. The molecular weight excluding hydrogens is 238 g/mol. The van der Waals surface area contributed by atoms with Crippen molar-refractivity contribution in [3.63, 3.8) is 0 Å². The van der Waals surface area contributed by atoms with E-state index in [9.17, 15) is 0 Å². The lowest BCUT2D eigenvalue weighted by Crippen LogP contribution is -2.28. The highest BCUT2D eigenvalue weighted by Gasteiger charge is 1.97. The van der Waals surface area contributed by atoms with E-state index < -0.39 is 0 Å². The summed E-state index contributed by atoms with van der Waals surface area (Å²) in [5, 5.41) is 4.36. The lowest BCUT2D eigenvalue weighted by Gasteiger charge is -2.05. The monoisotopic (exact) mass is 255 g/mol. The Balaban J connectivity index is 1.95. The maximum Gasteiger partial charge on any atom is 0.113 e. The molecule has 1 aromatic heterocycles. The van der Waals surface area contributed by atoms with Crippen LogP contribution in [0.1, 0.15) is 5.56 Å². The second-order valence-corrected chi connectivity index (χ2v) is 4.10. The summed E-state index contributed by atoms with van der Waals surface area (Å²) < 4.78 is 0. The van der Waals surface area contributed by atoms with E-state index in [0.29, 0.717) is 12.4 Å². The SMILES string of the molecule is N/C=C/N=C(/N)CNCc1ccc2ncccc2c1. The van der Waals surface area contributed by atoms with Crippen molar-refractivity contribution in [3.8, 4) is 0 Å². The third kappa shape index (κ3) is 3.79. The summed E-state index contributed by atoms with van der Waals surface area (Å²) in [7, 11) is 0. The second-order valence-electron chi connectivity index (χ2n) is 4.10. The molecule has 1 aromatic carbocycles. The van der Waals surface area contributed by atoms with Crippen LogP contribution in [0.4, 0.5) is 0 Å². The van der Waals surface area contributed by atoms with Gasteiger partial charge < -0.3 is 16.8 Å². The molecule has 0 aliphatic heterocycles. The summed E-state index contributed by atoms with van der Waals surface area (Å²) >= 11 is 0. The Morgan fingerprint density at radius 2 is 2.26 bits per heavy atom. The number of hydrogen-bond acceptors (Lipinski definition) is 4. The molecule has 0 amide bonds. The summed E-state index contributed by atoms with van der Waals surface area (Å²) in [6.07, 6.45) is 4.62. The van der Waals surface area contributed by atoms with Crippen LogP contribution in [0.25, 0.3) is 10.9 Å². The predicted molar refractivity (Wildman–Crippen MR) is 78.4 cm³/mol. The van der Waals surface area contributed by atoms with E-state index in [-0.39, 0.29) is 0 Å². The number of fused-ring (bicyclic) bond motifs is 1. The summed E-state index contributed by atoms with van der Waals surface area (Å²) in [5.41, 5.74) is 13.0. The van der Waals surface area contributed by atoms with Gasteiger partial charge in [-0.25, -0.2) is 4.99 Å². The van der Waals surface area contributed by atoms with Gasteiger partial charge in [0.1, 0.15) is 5.84 Å². The van der Waals surface area contributed by atoms with Crippen molar-refractivity contribution in [2.45, 2.75) is 6.54 Å². The molecule has 0 saturated carbocycles. The van der Waals surface area contributed by atoms with Gasteiger partial charge in [-0.05, 0) is 23.8 Å². The van der Waals surface area contributed by atoms with Gasteiger partial charge in [0.15, 0.2) is 0 Å². The molecule has 1 heterocycles. The van der Waals surface area contributed by atoms with Crippen LogP contribution in [0.15, 0.2) is 53.9 Å². The number of nitrogens with two attached hydrogens (primary N) is 2.